The SMILES string of the molecule is O=C(OCc1ccccc1)[C@H](Cc1ccccc1)NC(=O)N1CCC(N2CCCC2)CC1. The highest BCUT2D eigenvalue weighted by atomic mass is 16.5. The molecular formula is C26H33N3O3. The molecule has 4 rings (SSSR count). The Morgan fingerprint density at radius 3 is 2.09 bits per heavy atom. The molecule has 2 heterocycles. The van der Waals surface area contributed by atoms with Crippen molar-refractivity contribution in [3.8, 4) is 0 Å². The first kappa shape index (κ1) is 22.3. The number of hydrogen-bond donors (Lipinski definition) is 1. The first-order valence-electron chi connectivity index (χ1n) is 11.7. The maximum atomic E-state index is 13.0. The van der Waals surface area contributed by atoms with Crippen molar-refractivity contribution in [2.45, 2.75) is 50.8 Å². The summed E-state index contributed by atoms with van der Waals surface area (Å²) in [5, 5.41) is 2.95. The van der Waals surface area contributed by atoms with Crippen molar-refractivity contribution in [3.05, 3.63) is 71.8 Å². The summed E-state index contributed by atoms with van der Waals surface area (Å²) in [6, 6.07) is 19.0. The van der Waals surface area contributed by atoms with Crippen LogP contribution in [0.5, 0.6) is 0 Å². The van der Waals surface area contributed by atoms with Crippen molar-refractivity contribution in [1.29, 1.82) is 0 Å². The molecule has 170 valence electrons. The van der Waals surface area contributed by atoms with E-state index in [2.05, 4.69) is 10.2 Å². The van der Waals surface area contributed by atoms with Crippen LogP contribution < -0.4 is 5.32 Å². The summed E-state index contributed by atoms with van der Waals surface area (Å²) in [7, 11) is 0. The third kappa shape index (κ3) is 6.10. The van der Waals surface area contributed by atoms with Crippen molar-refractivity contribution in [1.82, 2.24) is 15.1 Å². The second-order valence-corrected chi connectivity index (χ2v) is 8.75. The van der Waals surface area contributed by atoms with Crippen molar-refractivity contribution < 1.29 is 14.3 Å². The zero-order valence-electron chi connectivity index (χ0n) is 18.6. The molecule has 2 amide bonds. The van der Waals surface area contributed by atoms with Gasteiger partial charge in [0.25, 0.3) is 0 Å². The topological polar surface area (TPSA) is 61.9 Å². The van der Waals surface area contributed by atoms with Gasteiger partial charge in [-0.1, -0.05) is 60.7 Å². The third-order valence-electron chi connectivity index (χ3n) is 6.50. The Kier molecular flexibility index (Phi) is 7.77. The molecule has 1 N–H and O–H groups in total. The van der Waals surface area contributed by atoms with Crippen LogP contribution in [0.25, 0.3) is 0 Å². The smallest absolute Gasteiger partial charge is 0.329 e. The Morgan fingerprint density at radius 1 is 0.875 bits per heavy atom. The Balaban J connectivity index is 1.34. The van der Waals surface area contributed by atoms with Crippen LogP contribution in [0.1, 0.15) is 36.8 Å². The molecule has 0 spiro atoms. The van der Waals surface area contributed by atoms with Gasteiger partial charge in [0.1, 0.15) is 12.6 Å². The summed E-state index contributed by atoms with van der Waals surface area (Å²) in [6.07, 6.45) is 4.97. The minimum absolute atomic E-state index is 0.178. The van der Waals surface area contributed by atoms with E-state index in [1.54, 1.807) is 0 Å². The summed E-state index contributed by atoms with van der Waals surface area (Å²) in [5.74, 6) is -0.405. The van der Waals surface area contributed by atoms with Crippen LogP contribution in [0.2, 0.25) is 0 Å². The Morgan fingerprint density at radius 2 is 1.47 bits per heavy atom. The molecule has 2 aromatic rings. The van der Waals surface area contributed by atoms with E-state index in [1.807, 2.05) is 65.6 Å². The number of nitrogens with one attached hydrogen (secondary N) is 1. The van der Waals surface area contributed by atoms with E-state index in [4.69, 9.17) is 4.74 Å². The van der Waals surface area contributed by atoms with Gasteiger partial charge < -0.3 is 19.9 Å². The molecule has 0 unspecified atom stereocenters. The van der Waals surface area contributed by atoms with Gasteiger partial charge in [-0.05, 0) is 49.9 Å². The Bertz CT molecular complexity index is 860. The van der Waals surface area contributed by atoms with Crippen LogP contribution in [0.4, 0.5) is 4.79 Å². The van der Waals surface area contributed by atoms with Gasteiger partial charge in [-0.15, -0.1) is 0 Å². The van der Waals surface area contributed by atoms with E-state index in [0.717, 1.165) is 37.1 Å². The Labute approximate surface area is 190 Å². The Hall–Kier alpha value is -2.86. The molecule has 2 fully saturated rings. The van der Waals surface area contributed by atoms with Gasteiger partial charge in [0.15, 0.2) is 0 Å². The quantitative estimate of drug-likeness (QED) is 0.675. The predicted octanol–water partition coefficient (Wildman–Crippen LogP) is 3.61. The van der Waals surface area contributed by atoms with Crippen molar-refractivity contribution in [3.63, 3.8) is 0 Å². The number of ether oxygens (including phenoxy) is 1. The van der Waals surface area contributed by atoms with Gasteiger partial charge in [0.05, 0.1) is 0 Å². The highest BCUT2D eigenvalue weighted by molar-refractivity contribution is 5.84. The largest absolute Gasteiger partial charge is 0.459 e. The minimum Gasteiger partial charge on any atom is -0.459 e. The maximum Gasteiger partial charge on any atom is 0.329 e. The molecule has 1 atom stereocenters. The molecule has 6 heteroatoms. The lowest BCUT2D eigenvalue weighted by Gasteiger charge is -2.37. The number of nitrogens with zero attached hydrogens (tertiary/aromatic N) is 2. The van der Waals surface area contributed by atoms with Gasteiger partial charge in [0, 0.05) is 25.6 Å². The molecule has 0 aromatic heterocycles. The number of benzene rings is 2. The molecular weight excluding hydrogens is 402 g/mol. The van der Waals surface area contributed by atoms with E-state index in [-0.39, 0.29) is 12.6 Å². The number of rotatable bonds is 7. The van der Waals surface area contributed by atoms with Crippen molar-refractivity contribution >= 4 is 12.0 Å². The van der Waals surface area contributed by atoms with Crippen LogP contribution in [0.15, 0.2) is 60.7 Å². The van der Waals surface area contributed by atoms with Gasteiger partial charge in [-0.3, -0.25) is 0 Å². The van der Waals surface area contributed by atoms with Gasteiger partial charge >= 0.3 is 12.0 Å². The van der Waals surface area contributed by atoms with E-state index >= 15 is 0 Å². The van der Waals surface area contributed by atoms with Crippen LogP contribution in [0.3, 0.4) is 0 Å². The van der Waals surface area contributed by atoms with E-state index in [0.29, 0.717) is 12.5 Å². The zero-order chi connectivity index (χ0) is 22.2. The second kappa shape index (κ2) is 11.1. The van der Waals surface area contributed by atoms with Crippen LogP contribution >= 0.6 is 0 Å². The van der Waals surface area contributed by atoms with Crippen molar-refractivity contribution in [2.24, 2.45) is 0 Å². The fourth-order valence-corrected chi connectivity index (χ4v) is 4.65. The first-order valence-corrected chi connectivity index (χ1v) is 11.7. The lowest BCUT2D eigenvalue weighted by Crippen LogP contribution is -2.53. The van der Waals surface area contributed by atoms with Gasteiger partial charge in [0.2, 0.25) is 0 Å². The first-order chi connectivity index (χ1) is 15.7. The molecule has 32 heavy (non-hydrogen) atoms. The van der Waals surface area contributed by atoms with Crippen LogP contribution in [-0.4, -0.2) is 60.1 Å². The lowest BCUT2D eigenvalue weighted by atomic mass is 10.0. The number of carbonyl (C=O) groups excluding carboxylic acids is 2. The summed E-state index contributed by atoms with van der Waals surface area (Å²) in [4.78, 5) is 30.3. The number of piperidine rings is 1. The maximum absolute atomic E-state index is 13.0. The summed E-state index contributed by atoms with van der Waals surface area (Å²) < 4.78 is 5.56. The van der Waals surface area contributed by atoms with Crippen molar-refractivity contribution in [2.75, 3.05) is 26.2 Å². The number of carbonyl (C=O) groups is 2. The highest BCUT2D eigenvalue weighted by Gasteiger charge is 2.30. The number of esters is 1. The number of amides is 2. The number of likely N-dealkylation sites (tertiary alicyclic amines) is 2. The summed E-state index contributed by atoms with van der Waals surface area (Å²) in [6.45, 7) is 4.02. The normalized spacial score (nSPS) is 18.3. The monoisotopic (exact) mass is 435 g/mol. The van der Waals surface area contributed by atoms with E-state index in [1.165, 1.54) is 25.9 Å². The third-order valence-corrected chi connectivity index (χ3v) is 6.50. The lowest BCUT2D eigenvalue weighted by molar-refractivity contribution is -0.147. The second-order valence-electron chi connectivity index (χ2n) is 8.75. The standard InChI is InChI=1S/C26H33N3O3/c30-25(32-20-22-11-5-2-6-12-22)24(19-21-9-3-1-4-10-21)27-26(31)29-17-13-23(14-18-29)28-15-7-8-16-28/h1-6,9-12,23-24H,7-8,13-20H2,(H,27,31)/t24-/m0/s1. The average Bonchev–Trinajstić information content (AvgIpc) is 3.38. The van der Waals surface area contributed by atoms with Gasteiger partial charge in [-0.2, -0.15) is 0 Å². The van der Waals surface area contributed by atoms with E-state index < -0.39 is 12.0 Å². The van der Waals surface area contributed by atoms with Crippen LogP contribution in [-0.2, 0) is 22.6 Å². The fourth-order valence-electron chi connectivity index (χ4n) is 4.65. The number of hydrogen-bond acceptors (Lipinski definition) is 4. The molecule has 0 bridgehead atoms. The summed E-state index contributed by atoms with van der Waals surface area (Å²) in [5.41, 5.74) is 1.91. The summed E-state index contributed by atoms with van der Waals surface area (Å²) >= 11 is 0. The fraction of sp³-hybridized carbons (Fsp3) is 0.462. The molecule has 2 saturated heterocycles. The number of urea groups is 1. The molecule has 0 saturated carbocycles. The molecule has 2 aliphatic rings. The zero-order valence-corrected chi connectivity index (χ0v) is 18.6. The highest BCUT2D eigenvalue weighted by Crippen LogP contribution is 2.21. The predicted molar refractivity (Wildman–Crippen MR) is 124 cm³/mol. The minimum atomic E-state index is -0.718. The average molecular weight is 436 g/mol. The molecule has 2 aromatic carbocycles. The van der Waals surface area contributed by atoms with E-state index in [9.17, 15) is 9.59 Å². The molecule has 6 nitrogen and oxygen atoms in total. The molecule has 0 aliphatic carbocycles. The van der Waals surface area contributed by atoms with Crippen LogP contribution in [0, 0.1) is 0 Å². The molecule has 2 aliphatic heterocycles. The van der Waals surface area contributed by atoms with Gasteiger partial charge in [-0.25, -0.2) is 9.59 Å². The molecule has 0 radical (unpaired) electrons.